The van der Waals surface area contributed by atoms with E-state index >= 15 is 0 Å². The summed E-state index contributed by atoms with van der Waals surface area (Å²) in [5, 5.41) is 0.217. The number of hydrogen-bond donors (Lipinski definition) is 0. The predicted molar refractivity (Wildman–Crippen MR) is 77.0 cm³/mol. The fraction of sp³-hybridized carbons (Fsp3) is 0.714. The van der Waals surface area contributed by atoms with Crippen molar-refractivity contribution in [2.45, 2.75) is 44.0 Å². The highest BCUT2D eigenvalue weighted by atomic mass is 35.5. The number of piperidine rings is 1. The van der Waals surface area contributed by atoms with E-state index in [1.165, 1.54) is 0 Å². The van der Waals surface area contributed by atoms with E-state index in [2.05, 4.69) is 16.8 Å². The van der Waals surface area contributed by atoms with Crippen molar-refractivity contribution in [1.82, 2.24) is 9.55 Å². The molecule has 0 N–H and O–H groups in total. The van der Waals surface area contributed by atoms with Crippen molar-refractivity contribution in [2.75, 3.05) is 18.0 Å². The molecule has 1 aromatic rings. The molecule has 1 saturated carbocycles. The van der Waals surface area contributed by atoms with Crippen molar-refractivity contribution in [3.8, 4) is 0 Å². The van der Waals surface area contributed by atoms with Crippen molar-refractivity contribution >= 4 is 17.4 Å². The van der Waals surface area contributed by atoms with Crippen molar-refractivity contribution < 1.29 is 0 Å². The zero-order chi connectivity index (χ0) is 13.4. The van der Waals surface area contributed by atoms with Gasteiger partial charge in [-0.05, 0) is 38.5 Å². The lowest BCUT2D eigenvalue weighted by Gasteiger charge is -2.33. The highest BCUT2D eigenvalue weighted by Crippen LogP contribution is 2.33. The number of aromatic nitrogens is 2. The number of alkyl halides is 1. The van der Waals surface area contributed by atoms with Crippen LogP contribution < -0.4 is 10.5 Å². The van der Waals surface area contributed by atoms with E-state index in [1.807, 2.05) is 10.8 Å². The van der Waals surface area contributed by atoms with Crippen LogP contribution in [-0.4, -0.2) is 28.0 Å². The average Bonchev–Trinajstić information content (AvgIpc) is 3.23. The summed E-state index contributed by atoms with van der Waals surface area (Å²) in [6, 6.07) is 0.412. The van der Waals surface area contributed by atoms with Gasteiger partial charge in [0.25, 0.3) is 5.56 Å². The highest BCUT2D eigenvalue weighted by Gasteiger charge is 2.28. The molecule has 0 amide bonds. The molecule has 2 fully saturated rings. The van der Waals surface area contributed by atoms with Gasteiger partial charge in [0.05, 0.1) is 0 Å². The van der Waals surface area contributed by atoms with Crippen LogP contribution in [0.15, 0.2) is 17.2 Å². The van der Waals surface area contributed by atoms with Gasteiger partial charge < -0.3 is 9.47 Å². The van der Waals surface area contributed by atoms with Gasteiger partial charge in [-0.15, -0.1) is 11.6 Å². The minimum atomic E-state index is 0.0716. The first-order valence-electron chi connectivity index (χ1n) is 7.13. The number of halogens is 1. The maximum atomic E-state index is 12.4. The smallest absolute Gasteiger partial charge is 0.293 e. The van der Waals surface area contributed by atoms with Crippen LogP contribution >= 0.6 is 11.6 Å². The van der Waals surface area contributed by atoms with Crippen LogP contribution in [0, 0.1) is 5.92 Å². The number of rotatable bonds is 3. The van der Waals surface area contributed by atoms with Crippen LogP contribution in [0.3, 0.4) is 0 Å². The largest absolute Gasteiger partial charge is 0.352 e. The normalized spacial score (nSPS) is 22.5. The summed E-state index contributed by atoms with van der Waals surface area (Å²) in [6.45, 7) is 3.83. The Kier molecular flexibility index (Phi) is 3.52. The highest BCUT2D eigenvalue weighted by molar-refractivity contribution is 6.20. The van der Waals surface area contributed by atoms with Gasteiger partial charge in [-0.2, -0.15) is 0 Å². The molecule has 1 aliphatic carbocycles. The molecule has 1 atom stereocenters. The van der Waals surface area contributed by atoms with Gasteiger partial charge in [-0.3, -0.25) is 4.79 Å². The second-order valence-electron chi connectivity index (χ2n) is 5.70. The minimum absolute atomic E-state index is 0.0716. The Hall–Kier alpha value is -1.03. The number of anilines is 1. The Morgan fingerprint density at radius 2 is 2.00 bits per heavy atom. The maximum absolute atomic E-state index is 12.4. The fourth-order valence-corrected chi connectivity index (χ4v) is 3.09. The predicted octanol–water partition coefficient (Wildman–Crippen LogP) is 2.42. The Morgan fingerprint density at radius 3 is 2.58 bits per heavy atom. The first-order valence-corrected chi connectivity index (χ1v) is 7.56. The molecule has 0 aromatic carbocycles. The van der Waals surface area contributed by atoms with Gasteiger partial charge >= 0.3 is 0 Å². The molecule has 19 heavy (non-hydrogen) atoms. The van der Waals surface area contributed by atoms with Gasteiger partial charge in [-0.25, -0.2) is 4.98 Å². The minimum Gasteiger partial charge on any atom is -0.352 e. The summed E-state index contributed by atoms with van der Waals surface area (Å²) >= 11 is 6.16. The Morgan fingerprint density at radius 1 is 1.32 bits per heavy atom. The van der Waals surface area contributed by atoms with E-state index in [0.717, 1.165) is 38.8 Å². The van der Waals surface area contributed by atoms with Gasteiger partial charge in [0.1, 0.15) is 0 Å². The molecule has 3 rings (SSSR count). The van der Waals surface area contributed by atoms with Crippen LogP contribution in [0.25, 0.3) is 0 Å². The van der Waals surface area contributed by atoms with E-state index in [1.54, 1.807) is 6.20 Å². The summed E-state index contributed by atoms with van der Waals surface area (Å²) in [5.41, 5.74) is 0.0716. The fourth-order valence-electron chi connectivity index (χ4n) is 2.84. The Bertz CT molecular complexity index is 502. The van der Waals surface area contributed by atoms with Crippen molar-refractivity contribution in [2.24, 2.45) is 5.92 Å². The van der Waals surface area contributed by atoms with Crippen LogP contribution in [0.4, 0.5) is 5.82 Å². The van der Waals surface area contributed by atoms with E-state index in [0.29, 0.717) is 17.8 Å². The standard InChI is InChI=1S/C14H20ClN3O/c1-10(15)11-4-7-17(8-5-11)13-14(19)18(9-6-16-13)12-2-3-12/h6,9-12H,2-5,7-8H2,1H3. The first kappa shape index (κ1) is 13.0. The zero-order valence-corrected chi connectivity index (χ0v) is 12.0. The lowest BCUT2D eigenvalue weighted by molar-refractivity contribution is 0.397. The Labute approximate surface area is 118 Å². The van der Waals surface area contributed by atoms with Crippen molar-refractivity contribution in [3.05, 3.63) is 22.7 Å². The van der Waals surface area contributed by atoms with E-state index in [4.69, 9.17) is 11.6 Å². The van der Waals surface area contributed by atoms with E-state index in [9.17, 15) is 4.79 Å². The first-order chi connectivity index (χ1) is 9.16. The number of nitrogens with zero attached hydrogens (tertiary/aromatic N) is 3. The maximum Gasteiger partial charge on any atom is 0.293 e. The summed E-state index contributed by atoms with van der Waals surface area (Å²) in [4.78, 5) is 18.8. The number of hydrogen-bond acceptors (Lipinski definition) is 3. The lowest BCUT2D eigenvalue weighted by Crippen LogP contribution is -2.40. The molecule has 104 valence electrons. The van der Waals surface area contributed by atoms with E-state index in [-0.39, 0.29) is 10.9 Å². The van der Waals surface area contributed by atoms with Crippen LogP contribution in [0.1, 0.15) is 38.6 Å². The molecule has 0 spiro atoms. The van der Waals surface area contributed by atoms with Crippen LogP contribution in [0.2, 0.25) is 0 Å². The summed E-state index contributed by atoms with van der Waals surface area (Å²) in [5.74, 6) is 1.18. The van der Waals surface area contributed by atoms with Crippen LogP contribution in [-0.2, 0) is 0 Å². The topological polar surface area (TPSA) is 38.1 Å². The van der Waals surface area contributed by atoms with Crippen molar-refractivity contribution in [1.29, 1.82) is 0 Å². The van der Waals surface area contributed by atoms with Crippen molar-refractivity contribution in [3.63, 3.8) is 0 Å². The molecule has 1 aromatic heterocycles. The van der Waals surface area contributed by atoms with Gasteiger partial charge in [0, 0.05) is 36.9 Å². The lowest BCUT2D eigenvalue weighted by atomic mass is 9.94. The molecular formula is C14H20ClN3O. The molecule has 1 unspecified atom stereocenters. The third-order valence-corrected chi connectivity index (χ3v) is 4.64. The molecule has 1 saturated heterocycles. The molecule has 5 heteroatoms. The monoisotopic (exact) mass is 281 g/mol. The summed E-state index contributed by atoms with van der Waals surface area (Å²) in [6.07, 6.45) is 7.90. The molecule has 0 bridgehead atoms. The second kappa shape index (κ2) is 5.16. The molecule has 1 aliphatic heterocycles. The van der Waals surface area contributed by atoms with Crippen LogP contribution in [0.5, 0.6) is 0 Å². The summed E-state index contributed by atoms with van der Waals surface area (Å²) < 4.78 is 1.85. The average molecular weight is 282 g/mol. The second-order valence-corrected chi connectivity index (χ2v) is 6.38. The SMILES string of the molecule is CC(Cl)C1CCN(c2nccn(C3CC3)c2=O)CC1. The molecule has 4 nitrogen and oxygen atoms in total. The van der Waals surface area contributed by atoms with Gasteiger partial charge in [0.15, 0.2) is 5.82 Å². The summed E-state index contributed by atoms with van der Waals surface area (Å²) in [7, 11) is 0. The third kappa shape index (κ3) is 2.64. The zero-order valence-electron chi connectivity index (χ0n) is 11.3. The third-order valence-electron chi connectivity index (χ3n) is 4.28. The molecular weight excluding hydrogens is 262 g/mol. The quantitative estimate of drug-likeness (QED) is 0.799. The molecule has 2 heterocycles. The Balaban J connectivity index is 1.76. The van der Waals surface area contributed by atoms with Gasteiger partial charge in [0.2, 0.25) is 0 Å². The van der Waals surface area contributed by atoms with E-state index < -0.39 is 0 Å². The van der Waals surface area contributed by atoms with Gasteiger partial charge in [-0.1, -0.05) is 0 Å². The molecule has 2 aliphatic rings. The molecule has 0 radical (unpaired) electrons.